The number of benzene rings is 1. The van der Waals surface area contributed by atoms with E-state index in [2.05, 4.69) is 5.32 Å². The lowest BCUT2D eigenvalue weighted by Gasteiger charge is -2.36. The van der Waals surface area contributed by atoms with Crippen molar-refractivity contribution in [3.8, 4) is 0 Å². The second kappa shape index (κ2) is 7.02. The van der Waals surface area contributed by atoms with Gasteiger partial charge in [0.25, 0.3) is 5.78 Å². The summed E-state index contributed by atoms with van der Waals surface area (Å²) in [6, 6.07) is 6.02. The summed E-state index contributed by atoms with van der Waals surface area (Å²) in [4.78, 5) is 51.5. The maximum atomic E-state index is 12.3. The summed E-state index contributed by atoms with van der Waals surface area (Å²) in [6.45, 7) is 2.88. The minimum absolute atomic E-state index is 0.0685. The lowest BCUT2D eigenvalue weighted by molar-refractivity contribution is -0.148. The van der Waals surface area contributed by atoms with Crippen molar-refractivity contribution in [3.05, 3.63) is 29.8 Å². The van der Waals surface area contributed by atoms with E-state index < -0.39 is 23.7 Å². The highest BCUT2D eigenvalue weighted by Crippen LogP contribution is 2.29. The van der Waals surface area contributed by atoms with Gasteiger partial charge in [-0.2, -0.15) is 0 Å². The second-order valence-corrected chi connectivity index (χ2v) is 5.85. The Labute approximate surface area is 144 Å². The third kappa shape index (κ3) is 3.25. The number of hydrogen-bond acceptors (Lipinski definition) is 6. The van der Waals surface area contributed by atoms with Crippen molar-refractivity contribution >= 4 is 29.3 Å². The van der Waals surface area contributed by atoms with Crippen LogP contribution in [0.1, 0.15) is 23.7 Å². The van der Waals surface area contributed by atoms with Crippen LogP contribution in [0.2, 0.25) is 0 Å². The van der Waals surface area contributed by atoms with Crippen molar-refractivity contribution in [1.82, 2.24) is 10.2 Å². The zero-order chi connectivity index (χ0) is 18.0. The minimum atomic E-state index is -0.733. The predicted molar refractivity (Wildman–Crippen MR) is 87.9 cm³/mol. The zero-order valence-electron chi connectivity index (χ0n) is 13.9. The van der Waals surface area contributed by atoms with Crippen molar-refractivity contribution < 1.29 is 23.9 Å². The fourth-order valence-corrected chi connectivity index (χ4v) is 3.10. The van der Waals surface area contributed by atoms with Crippen LogP contribution >= 0.6 is 0 Å². The van der Waals surface area contributed by atoms with Gasteiger partial charge < -0.3 is 10.1 Å². The fourth-order valence-electron chi connectivity index (χ4n) is 3.10. The molecule has 1 fully saturated rings. The van der Waals surface area contributed by atoms with Gasteiger partial charge in [-0.05, 0) is 19.1 Å². The first kappa shape index (κ1) is 17.1. The zero-order valence-corrected chi connectivity index (χ0v) is 13.9. The van der Waals surface area contributed by atoms with Gasteiger partial charge in [0.2, 0.25) is 5.91 Å². The summed E-state index contributed by atoms with van der Waals surface area (Å²) in [7, 11) is 0. The highest BCUT2D eigenvalue weighted by Gasteiger charge is 2.39. The SMILES string of the molecule is CCOC(=O)C[C@@H]1C(=O)NCCN1CN1C(=O)C(=O)c2ccccc21. The molecule has 2 aliphatic rings. The quantitative estimate of drug-likeness (QED) is 0.593. The number of rotatable bonds is 5. The normalized spacial score (nSPS) is 20.4. The molecule has 1 N–H and O–H groups in total. The molecule has 132 valence electrons. The molecule has 25 heavy (non-hydrogen) atoms. The fraction of sp³-hybridized carbons (Fsp3) is 0.412. The molecule has 0 aliphatic carbocycles. The number of esters is 1. The average Bonchev–Trinajstić information content (AvgIpc) is 2.83. The Bertz CT molecular complexity index is 733. The molecule has 1 saturated heterocycles. The number of ketones is 1. The number of carbonyl (C=O) groups is 4. The number of hydrogen-bond donors (Lipinski definition) is 1. The third-order valence-corrected chi connectivity index (χ3v) is 4.31. The van der Waals surface area contributed by atoms with Gasteiger partial charge in [-0.1, -0.05) is 12.1 Å². The molecule has 2 heterocycles. The van der Waals surface area contributed by atoms with Gasteiger partial charge in [0.15, 0.2) is 0 Å². The highest BCUT2D eigenvalue weighted by molar-refractivity contribution is 6.52. The smallest absolute Gasteiger partial charge is 0.307 e. The maximum absolute atomic E-state index is 12.3. The maximum Gasteiger partial charge on any atom is 0.307 e. The molecule has 0 saturated carbocycles. The molecule has 0 radical (unpaired) electrons. The predicted octanol–water partition coefficient (Wildman–Crippen LogP) is -0.0730. The van der Waals surface area contributed by atoms with E-state index in [1.165, 1.54) is 4.90 Å². The van der Waals surface area contributed by atoms with E-state index in [9.17, 15) is 19.2 Å². The van der Waals surface area contributed by atoms with Crippen LogP contribution in [-0.4, -0.2) is 60.9 Å². The number of Topliss-reactive ketones (excluding diaryl/α,β-unsaturated/α-hetero) is 1. The molecule has 0 aromatic heterocycles. The molecule has 2 amide bonds. The molecule has 1 atom stereocenters. The Morgan fingerprint density at radius 2 is 2.04 bits per heavy atom. The van der Waals surface area contributed by atoms with Crippen LogP contribution in [0.4, 0.5) is 5.69 Å². The number of fused-ring (bicyclic) bond motifs is 1. The van der Waals surface area contributed by atoms with Crippen LogP contribution in [0.3, 0.4) is 0 Å². The molecule has 0 bridgehead atoms. The largest absolute Gasteiger partial charge is 0.466 e. The Morgan fingerprint density at radius 3 is 2.80 bits per heavy atom. The number of piperazine rings is 1. The topological polar surface area (TPSA) is 96.0 Å². The van der Waals surface area contributed by atoms with E-state index in [0.717, 1.165) is 0 Å². The van der Waals surface area contributed by atoms with Crippen molar-refractivity contribution in [3.63, 3.8) is 0 Å². The number of para-hydroxylation sites is 1. The van der Waals surface area contributed by atoms with Crippen LogP contribution in [0.5, 0.6) is 0 Å². The van der Waals surface area contributed by atoms with E-state index >= 15 is 0 Å². The summed E-state index contributed by atoms with van der Waals surface area (Å²) in [5.74, 6) is -1.94. The Morgan fingerprint density at radius 1 is 1.28 bits per heavy atom. The summed E-state index contributed by atoms with van der Waals surface area (Å²) < 4.78 is 4.93. The van der Waals surface area contributed by atoms with Crippen molar-refractivity contribution in [2.24, 2.45) is 0 Å². The van der Waals surface area contributed by atoms with Gasteiger partial charge in [-0.25, -0.2) is 0 Å². The molecule has 8 nitrogen and oxygen atoms in total. The van der Waals surface area contributed by atoms with Gasteiger partial charge in [-0.3, -0.25) is 29.0 Å². The minimum Gasteiger partial charge on any atom is -0.466 e. The number of nitrogens with zero attached hydrogens (tertiary/aromatic N) is 2. The monoisotopic (exact) mass is 345 g/mol. The number of ether oxygens (including phenoxy) is 1. The van der Waals surface area contributed by atoms with Crippen molar-refractivity contribution in [2.75, 3.05) is 31.3 Å². The summed E-state index contributed by atoms with van der Waals surface area (Å²) >= 11 is 0. The molecule has 8 heteroatoms. The summed E-state index contributed by atoms with van der Waals surface area (Å²) in [6.07, 6.45) is -0.0999. The molecular weight excluding hydrogens is 326 g/mol. The first-order valence-corrected chi connectivity index (χ1v) is 8.15. The second-order valence-electron chi connectivity index (χ2n) is 5.85. The Hall–Kier alpha value is -2.74. The van der Waals surface area contributed by atoms with E-state index in [1.807, 2.05) is 0 Å². The van der Waals surface area contributed by atoms with Crippen molar-refractivity contribution in [2.45, 2.75) is 19.4 Å². The summed E-state index contributed by atoms with van der Waals surface area (Å²) in [5.41, 5.74) is 0.884. The van der Waals surface area contributed by atoms with Crippen LogP contribution in [0, 0.1) is 0 Å². The number of nitrogens with one attached hydrogen (secondary N) is 1. The van der Waals surface area contributed by atoms with E-state index in [0.29, 0.717) is 24.3 Å². The van der Waals surface area contributed by atoms with Gasteiger partial charge in [0.05, 0.1) is 30.9 Å². The van der Waals surface area contributed by atoms with Gasteiger partial charge in [0.1, 0.15) is 6.04 Å². The van der Waals surface area contributed by atoms with Gasteiger partial charge in [0, 0.05) is 13.1 Å². The molecule has 0 unspecified atom stereocenters. The van der Waals surface area contributed by atoms with E-state index in [4.69, 9.17) is 4.74 Å². The molecule has 2 aliphatic heterocycles. The number of anilines is 1. The Balaban J connectivity index is 1.80. The van der Waals surface area contributed by atoms with Crippen LogP contribution < -0.4 is 10.2 Å². The molecule has 3 rings (SSSR count). The van der Waals surface area contributed by atoms with Gasteiger partial charge >= 0.3 is 11.9 Å². The number of carbonyl (C=O) groups excluding carboxylic acids is 4. The first-order chi connectivity index (χ1) is 12.0. The van der Waals surface area contributed by atoms with Crippen molar-refractivity contribution in [1.29, 1.82) is 0 Å². The Kier molecular flexibility index (Phi) is 4.80. The standard InChI is InChI=1S/C17H19N3O5/c1-2-25-14(21)9-13-16(23)18-7-8-19(13)10-20-12-6-4-3-5-11(12)15(22)17(20)24/h3-6,13H,2,7-10H2,1H3,(H,18,23)/t13-/m1/s1. The van der Waals surface area contributed by atoms with Crippen LogP contribution in [-0.2, 0) is 19.1 Å². The molecule has 0 spiro atoms. The van der Waals surface area contributed by atoms with Gasteiger partial charge in [-0.15, -0.1) is 0 Å². The van der Waals surface area contributed by atoms with Crippen LogP contribution in [0.15, 0.2) is 24.3 Å². The lowest BCUT2D eigenvalue weighted by atomic mass is 10.1. The molecule has 1 aromatic rings. The average molecular weight is 345 g/mol. The van der Waals surface area contributed by atoms with Crippen LogP contribution in [0.25, 0.3) is 0 Å². The highest BCUT2D eigenvalue weighted by atomic mass is 16.5. The summed E-state index contributed by atoms with van der Waals surface area (Å²) in [5, 5.41) is 2.71. The van der Waals surface area contributed by atoms with E-state index in [-0.39, 0.29) is 25.6 Å². The molecule has 1 aromatic carbocycles. The first-order valence-electron chi connectivity index (χ1n) is 8.15. The lowest BCUT2D eigenvalue weighted by Crippen LogP contribution is -2.59. The molecular formula is C17H19N3O5. The van der Waals surface area contributed by atoms with E-state index in [1.54, 1.807) is 36.1 Å². The third-order valence-electron chi connectivity index (χ3n) is 4.31. The number of amides is 2.